The van der Waals surface area contributed by atoms with Crippen molar-refractivity contribution in [1.29, 1.82) is 0 Å². The van der Waals surface area contributed by atoms with Crippen LogP contribution in [-0.4, -0.2) is 49.6 Å². The van der Waals surface area contributed by atoms with Crippen molar-refractivity contribution >= 4 is 0 Å². The number of halogens is 1. The maximum absolute atomic E-state index is 14.2. The van der Waals surface area contributed by atoms with Crippen LogP contribution < -0.4 is 5.73 Å². The van der Waals surface area contributed by atoms with E-state index in [1.54, 1.807) is 6.07 Å². The molecule has 0 radical (unpaired) electrons. The minimum atomic E-state index is -0.638. The smallest absolute Gasteiger partial charge is 0.128 e. The van der Waals surface area contributed by atoms with Crippen molar-refractivity contribution < 1.29 is 4.39 Å². The summed E-state index contributed by atoms with van der Waals surface area (Å²) < 4.78 is 14.2. The van der Waals surface area contributed by atoms with E-state index in [1.807, 2.05) is 12.1 Å². The third-order valence-electron chi connectivity index (χ3n) is 4.49. The summed E-state index contributed by atoms with van der Waals surface area (Å²) in [6.07, 6.45) is 0. The Balaban J connectivity index is 2.20. The van der Waals surface area contributed by atoms with E-state index in [9.17, 15) is 4.39 Å². The zero-order valence-corrected chi connectivity index (χ0v) is 12.8. The second-order valence-corrected chi connectivity index (χ2v) is 6.25. The van der Waals surface area contributed by atoms with Crippen LogP contribution in [-0.2, 0) is 5.54 Å². The van der Waals surface area contributed by atoms with Crippen molar-refractivity contribution in [1.82, 2.24) is 9.80 Å². The highest BCUT2D eigenvalue weighted by molar-refractivity contribution is 5.27. The predicted octanol–water partition coefficient (Wildman–Crippen LogP) is 1.88. The quantitative estimate of drug-likeness (QED) is 0.913. The first-order valence-electron chi connectivity index (χ1n) is 7.38. The molecule has 0 bridgehead atoms. The van der Waals surface area contributed by atoms with Crippen LogP contribution in [0.1, 0.15) is 19.4 Å². The molecule has 1 aliphatic rings. The molecular weight excluding hydrogens is 253 g/mol. The van der Waals surface area contributed by atoms with Gasteiger partial charge in [-0.05, 0) is 19.0 Å². The van der Waals surface area contributed by atoms with Crippen molar-refractivity contribution in [2.24, 2.45) is 11.7 Å². The Hall–Kier alpha value is -0.970. The molecule has 1 aromatic rings. The molecule has 20 heavy (non-hydrogen) atoms. The summed E-state index contributed by atoms with van der Waals surface area (Å²) in [5.74, 6) is -0.0168. The Morgan fingerprint density at radius 2 is 1.80 bits per heavy atom. The first-order valence-corrected chi connectivity index (χ1v) is 7.38. The van der Waals surface area contributed by atoms with E-state index in [-0.39, 0.29) is 11.7 Å². The molecule has 1 aromatic carbocycles. The number of likely N-dealkylation sites (N-methyl/N-ethyl adjacent to an activating group) is 1. The minimum absolute atomic E-state index is 0.180. The van der Waals surface area contributed by atoms with Crippen LogP contribution in [0, 0.1) is 11.7 Å². The van der Waals surface area contributed by atoms with Crippen molar-refractivity contribution in [2.75, 3.05) is 39.8 Å². The van der Waals surface area contributed by atoms with E-state index < -0.39 is 5.54 Å². The third-order valence-corrected chi connectivity index (χ3v) is 4.49. The van der Waals surface area contributed by atoms with Crippen molar-refractivity contribution in [3.05, 3.63) is 35.6 Å². The fraction of sp³-hybridized carbons (Fsp3) is 0.625. The van der Waals surface area contributed by atoms with Crippen LogP contribution in [0.25, 0.3) is 0 Å². The first-order chi connectivity index (χ1) is 9.43. The van der Waals surface area contributed by atoms with Crippen LogP contribution >= 0.6 is 0 Å². The number of hydrogen-bond donors (Lipinski definition) is 1. The Morgan fingerprint density at radius 1 is 1.20 bits per heavy atom. The maximum Gasteiger partial charge on any atom is 0.128 e. The zero-order chi connectivity index (χ0) is 14.8. The summed E-state index contributed by atoms with van der Waals surface area (Å²) in [6, 6.07) is 6.91. The Kier molecular flexibility index (Phi) is 4.78. The average molecular weight is 279 g/mol. The van der Waals surface area contributed by atoms with Gasteiger partial charge in [0.1, 0.15) is 5.82 Å². The standard InChI is InChI=1S/C16H26FN3/c1-13(2)16(18,14-6-4-5-7-15(14)17)12-20-10-8-19(3)9-11-20/h4-7,13H,8-12,18H2,1-3H3. The molecule has 2 rings (SSSR count). The van der Waals surface area contributed by atoms with Gasteiger partial charge in [-0.3, -0.25) is 4.90 Å². The van der Waals surface area contributed by atoms with Gasteiger partial charge in [-0.2, -0.15) is 0 Å². The van der Waals surface area contributed by atoms with Crippen LogP contribution in [0.15, 0.2) is 24.3 Å². The normalized spacial score (nSPS) is 21.1. The van der Waals surface area contributed by atoms with Crippen molar-refractivity contribution in [3.8, 4) is 0 Å². The van der Waals surface area contributed by atoms with Gasteiger partial charge >= 0.3 is 0 Å². The topological polar surface area (TPSA) is 32.5 Å². The summed E-state index contributed by atoms with van der Waals surface area (Å²) in [4.78, 5) is 4.67. The molecule has 1 unspecified atom stereocenters. The lowest BCUT2D eigenvalue weighted by Gasteiger charge is -2.41. The number of nitrogens with two attached hydrogens (primary N) is 1. The number of hydrogen-bond acceptors (Lipinski definition) is 3. The molecule has 0 aromatic heterocycles. The van der Waals surface area contributed by atoms with E-state index in [2.05, 4.69) is 30.7 Å². The van der Waals surface area contributed by atoms with Crippen LogP contribution in [0.2, 0.25) is 0 Å². The molecule has 4 heteroatoms. The Morgan fingerprint density at radius 3 is 2.35 bits per heavy atom. The lowest BCUT2D eigenvalue weighted by Crippen LogP contribution is -2.55. The van der Waals surface area contributed by atoms with Crippen molar-refractivity contribution in [3.63, 3.8) is 0 Å². The van der Waals surface area contributed by atoms with Gasteiger partial charge in [0.2, 0.25) is 0 Å². The number of benzene rings is 1. The molecule has 3 nitrogen and oxygen atoms in total. The van der Waals surface area contributed by atoms with Crippen molar-refractivity contribution in [2.45, 2.75) is 19.4 Å². The van der Waals surface area contributed by atoms with E-state index >= 15 is 0 Å². The summed E-state index contributed by atoms with van der Waals surface area (Å²) >= 11 is 0. The molecule has 1 atom stereocenters. The predicted molar refractivity (Wildman–Crippen MR) is 81.0 cm³/mol. The van der Waals surface area contributed by atoms with Crippen LogP contribution in [0.3, 0.4) is 0 Å². The van der Waals surface area contributed by atoms with E-state index in [0.29, 0.717) is 12.1 Å². The number of piperazine rings is 1. The third kappa shape index (κ3) is 3.19. The molecule has 1 saturated heterocycles. The second kappa shape index (κ2) is 6.20. The van der Waals surface area contributed by atoms with Gasteiger partial charge in [0.15, 0.2) is 0 Å². The molecule has 0 amide bonds. The molecule has 1 fully saturated rings. The molecule has 0 saturated carbocycles. The van der Waals surface area contributed by atoms with E-state index in [0.717, 1.165) is 26.2 Å². The zero-order valence-electron chi connectivity index (χ0n) is 12.8. The van der Waals surface area contributed by atoms with Gasteiger partial charge in [0, 0.05) is 38.3 Å². The molecule has 0 spiro atoms. The second-order valence-electron chi connectivity index (χ2n) is 6.25. The molecular formula is C16H26FN3. The summed E-state index contributed by atoms with van der Waals surface area (Å²) in [7, 11) is 2.13. The van der Waals surface area contributed by atoms with Gasteiger partial charge in [-0.25, -0.2) is 4.39 Å². The minimum Gasteiger partial charge on any atom is -0.320 e. The number of rotatable bonds is 4. The highest BCUT2D eigenvalue weighted by atomic mass is 19.1. The molecule has 0 aliphatic carbocycles. The Labute approximate surface area is 121 Å². The maximum atomic E-state index is 14.2. The monoisotopic (exact) mass is 279 g/mol. The largest absolute Gasteiger partial charge is 0.320 e. The molecule has 1 aliphatic heterocycles. The van der Waals surface area contributed by atoms with E-state index in [4.69, 9.17) is 5.73 Å². The molecule has 1 heterocycles. The highest BCUT2D eigenvalue weighted by Crippen LogP contribution is 2.30. The summed E-state index contributed by atoms with van der Waals surface area (Å²) in [6.45, 7) is 8.94. The van der Waals surface area contributed by atoms with Gasteiger partial charge in [0.05, 0.1) is 5.54 Å². The fourth-order valence-corrected chi connectivity index (χ4v) is 2.79. The number of nitrogens with zero attached hydrogens (tertiary/aromatic N) is 2. The SMILES string of the molecule is CC(C)C(N)(CN1CCN(C)CC1)c1ccccc1F. The fourth-order valence-electron chi connectivity index (χ4n) is 2.79. The average Bonchev–Trinajstić information content (AvgIpc) is 2.41. The summed E-state index contributed by atoms with van der Waals surface area (Å²) in [5, 5.41) is 0. The lowest BCUT2D eigenvalue weighted by molar-refractivity contribution is 0.108. The van der Waals surface area contributed by atoms with Crippen LogP contribution in [0.4, 0.5) is 4.39 Å². The molecule has 112 valence electrons. The highest BCUT2D eigenvalue weighted by Gasteiger charge is 2.36. The first kappa shape index (κ1) is 15.4. The molecule has 2 N–H and O–H groups in total. The van der Waals surface area contributed by atoms with Gasteiger partial charge < -0.3 is 10.6 Å². The van der Waals surface area contributed by atoms with Gasteiger partial charge in [-0.15, -0.1) is 0 Å². The van der Waals surface area contributed by atoms with E-state index in [1.165, 1.54) is 6.07 Å². The summed E-state index contributed by atoms with van der Waals surface area (Å²) in [5.41, 5.74) is 6.63. The van der Waals surface area contributed by atoms with Crippen LogP contribution in [0.5, 0.6) is 0 Å². The van der Waals surface area contributed by atoms with Gasteiger partial charge in [0.25, 0.3) is 0 Å². The Bertz CT molecular complexity index is 441. The lowest BCUT2D eigenvalue weighted by atomic mass is 9.80. The van der Waals surface area contributed by atoms with Gasteiger partial charge in [-0.1, -0.05) is 32.0 Å².